The number of halogens is 1. The van der Waals surface area contributed by atoms with Crippen LogP contribution in [0.2, 0.25) is 5.02 Å². The Hall–Kier alpha value is -2.60. The second-order valence-corrected chi connectivity index (χ2v) is 5.73. The molecule has 0 atom stereocenters. The number of nitrogens with one attached hydrogen (secondary N) is 2. The van der Waals surface area contributed by atoms with Crippen LogP contribution in [0, 0.1) is 0 Å². The van der Waals surface area contributed by atoms with Gasteiger partial charge in [0.15, 0.2) is 0 Å². The lowest BCUT2D eigenvalue weighted by Crippen LogP contribution is -2.32. The Morgan fingerprint density at radius 3 is 2.46 bits per heavy atom. The largest absolute Gasteiger partial charge is 0.475 e. The van der Waals surface area contributed by atoms with E-state index in [2.05, 4.69) is 15.6 Å². The van der Waals surface area contributed by atoms with Crippen LogP contribution in [0.25, 0.3) is 0 Å². The van der Waals surface area contributed by atoms with E-state index in [1.165, 1.54) is 6.20 Å². The summed E-state index contributed by atoms with van der Waals surface area (Å²) in [6, 6.07) is 9.91. The number of carbonyl (C=O) groups excluding carboxylic acids is 2. The summed E-state index contributed by atoms with van der Waals surface area (Å²) in [5.74, 6) is -0.273. The van der Waals surface area contributed by atoms with Crippen LogP contribution in [0.1, 0.15) is 24.2 Å². The summed E-state index contributed by atoms with van der Waals surface area (Å²) in [6.07, 6.45) is 1.41. The Kier molecular flexibility index (Phi) is 6.14. The first-order valence-corrected chi connectivity index (χ1v) is 7.78. The SMILES string of the molecule is CC(C)Oc1ccc(C(=O)NCC(=O)Nc2ccc(Cl)cc2)cn1. The average Bonchev–Trinajstić information content (AvgIpc) is 2.55. The van der Waals surface area contributed by atoms with Crippen molar-refractivity contribution in [2.45, 2.75) is 20.0 Å². The molecule has 126 valence electrons. The number of carbonyl (C=O) groups is 2. The van der Waals surface area contributed by atoms with Crippen molar-refractivity contribution in [2.24, 2.45) is 0 Å². The van der Waals surface area contributed by atoms with Gasteiger partial charge in [-0.25, -0.2) is 4.98 Å². The Morgan fingerprint density at radius 1 is 1.17 bits per heavy atom. The second-order valence-electron chi connectivity index (χ2n) is 5.29. The van der Waals surface area contributed by atoms with Gasteiger partial charge in [0.2, 0.25) is 11.8 Å². The molecule has 0 aliphatic carbocycles. The van der Waals surface area contributed by atoms with Crippen molar-refractivity contribution >= 4 is 29.1 Å². The number of anilines is 1. The summed E-state index contributed by atoms with van der Waals surface area (Å²) in [4.78, 5) is 27.9. The first-order chi connectivity index (χ1) is 11.4. The third kappa shape index (κ3) is 5.55. The second kappa shape index (κ2) is 8.31. The van der Waals surface area contributed by atoms with E-state index in [-0.39, 0.29) is 24.5 Å². The van der Waals surface area contributed by atoms with Gasteiger partial charge in [-0.15, -0.1) is 0 Å². The van der Waals surface area contributed by atoms with Gasteiger partial charge in [-0.05, 0) is 44.2 Å². The molecule has 0 saturated carbocycles. The molecule has 0 radical (unpaired) electrons. The molecule has 1 aromatic heterocycles. The van der Waals surface area contributed by atoms with Gasteiger partial charge < -0.3 is 15.4 Å². The lowest BCUT2D eigenvalue weighted by molar-refractivity contribution is -0.115. The van der Waals surface area contributed by atoms with Crippen LogP contribution in [0.4, 0.5) is 5.69 Å². The van der Waals surface area contributed by atoms with Crippen molar-refractivity contribution < 1.29 is 14.3 Å². The highest BCUT2D eigenvalue weighted by atomic mass is 35.5. The number of hydrogen-bond acceptors (Lipinski definition) is 4. The molecule has 0 saturated heterocycles. The molecule has 0 aliphatic rings. The molecular weight excluding hydrogens is 330 g/mol. The molecule has 0 fully saturated rings. The van der Waals surface area contributed by atoms with E-state index in [1.807, 2.05) is 13.8 Å². The zero-order chi connectivity index (χ0) is 17.5. The summed E-state index contributed by atoms with van der Waals surface area (Å²) in [6.45, 7) is 3.63. The normalized spacial score (nSPS) is 10.3. The van der Waals surface area contributed by atoms with Crippen molar-refractivity contribution in [3.8, 4) is 5.88 Å². The predicted molar refractivity (Wildman–Crippen MR) is 92.4 cm³/mol. The number of pyridine rings is 1. The van der Waals surface area contributed by atoms with E-state index < -0.39 is 0 Å². The highest BCUT2D eigenvalue weighted by Crippen LogP contribution is 2.13. The van der Waals surface area contributed by atoms with Crippen molar-refractivity contribution in [2.75, 3.05) is 11.9 Å². The summed E-state index contributed by atoms with van der Waals surface area (Å²) in [5.41, 5.74) is 0.959. The fraction of sp³-hybridized carbons (Fsp3) is 0.235. The average molecular weight is 348 g/mol. The van der Waals surface area contributed by atoms with E-state index in [0.29, 0.717) is 22.2 Å². The van der Waals surface area contributed by atoms with Crippen molar-refractivity contribution in [1.82, 2.24) is 10.3 Å². The van der Waals surface area contributed by atoms with Crippen LogP contribution in [0.15, 0.2) is 42.6 Å². The molecule has 2 aromatic rings. The van der Waals surface area contributed by atoms with Crippen LogP contribution in [-0.2, 0) is 4.79 Å². The molecule has 2 N–H and O–H groups in total. The molecule has 0 bridgehead atoms. The Bertz CT molecular complexity index is 700. The molecule has 0 unspecified atom stereocenters. The quantitative estimate of drug-likeness (QED) is 0.842. The Morgan fingerprint density at radius 2 is 1.88 bits per heavy atom. The monoisotopic (exact) mass is 347 g/mol. The molecule has 6 nitrogen and oxygen atoms in total. The summed E-state index contributed by atoms with van der Waals surface area (Å²) in [5, 5.41) is 5.77. The zero-order valence-corrected chi connectivity index (χ0v) is 14.1. The molecule has 7 heteroatoms. The smallest absolute Gasteiger partial charge is 0.253 e. The first kappa shape index (κ1) is 17.7. The van der Waals surface area contributed by atoms with Crippen LogP contribution in [-0.4, -0.2) is 29.4 Å². The van der Waals surface area contributed by atoms with Gasteiger partial charge in [-0.3, -0.25) is 9.59 Å². The molecule has 0 spiro atoms. The highest BCUT2D eigenvalue weighted by Gasteiger charge is 2.09. The van der Waals surface area contributed by atoms with E-state index in [1.54, 1.807) is 36.4 Å². The van der Waals surface area contributed by atoms with E-state index >= 15 is 0 Å². The minimum atomic E-state index is -0.384. The van der Waals surface area contributed by atoms with Crippen molar-refractivity contribution in [3.63, 3.8) is 0 Å². The van der Waals surface area contributed by atoms with Crippen LogP contribution >= 0.6 is 11.6 Å². The van der Waals surface area contributed by atoms with Gasteiger partial charge in [0.25, 0.3) is 5.91 Å². The maximum Gasteiger partial charge on any atom is 0.253 e. The third-order valence-corrected chi connectivity index (χ3v) is 3.14. The molecular formula is C17H18ClN3O3. The summed E-state index contributed by atoms with van der Waals surface area (Å²) in [7, 11) is 0. The first-order valence-electron chi connectivity index (χ1n) is 7.40. The fourth-order valence-electron chi connectivity index (χ4n) is 1.83. The Balaban J connectivity index is 1.83. The lowest BCUT2D eigenvalue weighted by atomic mass is 10.2. The standard InChI is InChI=1S/C17H18ClN3O3/c1-11(2)24-16-8-3-12(9-19-16)17(23)20-10-15(22)21-14-6-4-13(18)5-7-14/h3-9,11H,10H2,1-2H3,(H,20,23)(H,21,22). The van der Waals surface area contributed by atoms with Crippen molar-refractivity contribution in [3.05, 3.63) is 53.2 Å². The fourth-order valence-corrected chi connectivity index (χ4v) is 1.95. The highest BCUT2D eigenvalue weighted by molar-refractivity contribution is 6.30. The minimum absolute atomic E-state index is 0.00809. The van der Waals surface area contributed by atoms with Crippen LogP contribution in [0.5, 0.6) is 5.88 Å². The van der Waals surface area contributed by atoms with Gasteiger partial charge in [0.1, 0.15) is 0 Å². The maximum atomic E-state index is 12.0. The minimum Gasteiger partial charge on any atom is -0.475 e. The van der Waals surface area contributed by atoms with E-state index in [0.717, 1.165) is 0 Å². The van der Waals surface area contributed by atoms with Gasteiger partial charge in [-0.2, -0.15) is 0 Å². The van der Waals surface area contributed by atoms with Crippen molar-refractivity contribution in [1.29, 1.82) is 0 Å². The van der Waals surface area contributed by atoms with Crippen LogP contribution in [0.3, 0.4) is 0 Å². The number of benzene rings is 1. The third-order valence-electron chi connectivity index (χ3n) is 2.89. The molecule has 2 rings (SSSR count). The molecule has 1 heterocycles. The predicted octanol–water partition coefficient (Wildman–Crippen LogP) is 2.89. The van der Waals surface area contributed by atoms with Crippen LogP contribution < -0.4 is 15.4 Å². The van der Waals surface area contributed by atoms with Gasteiger partial charge >= 0.3 is 0 Å². The molecule has 2 amide bonds. The summed E-state index contributed by atoms with van der Waals surface area (Å²) < 4.78 is 5.41. The number of amides is 2. The van der Waals surface area contributed by atoms with Gasteiger partial charge in [0.05, 0.1) is 18.2 Å². The number of ether oxygens (including phenoxy) is 1. The number of nitrogens with zero attached hydrogens (tertiary/aromatic N) is 1. The molecule has 24 heavy (non-hydrogen) atoms. The molecule has 1 aromatic carbocycles. The summed E-state index contributed by atoms with van der Waals surface area (Å²) >= 11 is 5.77. The number of aromatic nitrogens is 1. The zero-order valence-electron chi connectivity index (χ0n) is 13.4. The van der Waals surface area contributed by atoms with Gasteiger partial charge in [0, 0.05) is 23.0 Å². The van der Waals surface area contributed by atoms with E-state index in [9.17, 15) is 9.59 Å². The Labute approximate surface area is 145 Å². The van der Waals surface area contributed by atoms with Gasteiger partial charge in [-0.1, -0.05) is 11.6 Å². The van der Waals surface area contributed by atoms with E-state index in [4.69, 9.17) is 16.3 Å². The number of hydrogen-bond donors (Lipinski definition) is 2. The lowest BCUT2D eigenvalue weighted by Gasteiger charge is -2.09. The topological polar surface area (TPSA) is 80.3 Å². The number of rotatable bonds is 6. The maximum absolute atomic E-state index is 12.0. The molecule has 0 aliphatic heterocycles.